The van der Waals surface area contributed by atoms with Crippen LogP contribution < -0.4 is 11.1 Å². The smallest absolute Gasteiger partial charge is 0.125 e. The van der Waals surface area contributed by atoms with Crippen LogP contribution in [-0.4, -0.2) is 31.0 Å². The molecule has 4 heteroatoms. The van der Waals surface area contributed by atoms with Crippen molar-refractivity contribution in [3.8, 4) is 0 Å². The molecule has 1 atom stereocenters. The number of hydrogen-bond acceptors (Lipinski definition) is 4. The lowest BCUT2D eigenvalue weighted by atomic mass is 10.1. The third kappa shape index (κ3) is 3.50. The van der Waals surface area contributed by atoms with Gasteiger partial charge in [-0.25, -0.2) is 4.99 Å². The summed E-state index contributed by atoms with van der Waals surface area (Å²) in [4.78, 5) is 3.77. The van der Waals surface area contributed by atoms with Crippen molar-refractivity contribution in [2.24, 2.45) is 10.7 Å². The highest BCUT2D eigenvalue weighted by Crippen LogP contribution is 2.04. The molecule has 0 aromatic carbocycles. The molecule has 0 radical (unpaired) electrons. The number of nitrogens with one attached hydrogen (secondary N) is 1. The van der Waals surface area contributed by atoms with Crippen LogP contribution in [0.4, 0.5) is 0 Å². The summed E-state index contributed by atoms with van der Waals surface area (Å²) in [5.74, 6) is 0.666. The van der Waals surface area contributed by atoms with Crippen LogP contribution in [-0.2, 0) is 0 Å². The van der Waals surface area contributed by atoms with Gasteiger partial charge in [-0.3, -0.25) is 0 Å². The van der Waals surface area contributed by atoms with Gasteiger partial charge in [-0.15, -0.1) is 0 Å². The Morgan fingerprint density at radius 1 is 1.75 bits per heavy atom. The topological polar surface area (TPSA) is 70.6 Å². The summed E-state index contributed by atoms with van der Waals surface area (Å²) in [5, 5.41) is 11.5. The molecule has 0 saturated heterocycles. The Labute approximate surface area is 73.2 Å². The van der Waals surface area contributed by atoms with E-state index in [1.807, 2.05) is 13.8 Å². The summed E-state index contributed by atoms with van der Waals surface area (Å²) in [5.41, 5.74) is 6.58. The molecular weight excluding hydrogens is 154 g/mol. The van der Waals surface area contributed by atoms with Gasteiger partial charge in [0.2, 0.25) is 0 Å². The maximum atomic E-state index is 8.55. The van der Waals surface area contributed by atoms with Crippen LogP contribution in [0.15, 0.2) is 16.4 Å². The first-order chi connectivity index (χ1) is 5.63. The molecule has 12 heavy (non-hydrogen) atoms. The molecule has 0 aliphatic rings. The van der Waals surface area contributed by atoms with Crippen molar-refractivity contribution in [1.29, 1.82) is 0 Å². The van der Waals surface area contributed by atoms with Crippen molar-refractivity contribution in [3.63, 3.8) is 0 Å². The van der Waals surface area contributed by atoms with Gasteiger partial charge in [0.25, 0.3) is 0 Å². The van der Waals surface area contributed by atoms with E-state index in [9.17, 15) is 0 Å². The van der Waals surface area contributed by atoms with Crippen molar-refractivity contribution in [2.75, 3.05) is 13.2 Å². The summed E-state index contributed by atoms with van der Waals surface area (Å²) in [6, 6.07) is -0.0447. The van der Waals surface area contributed by atoms with Crippen LogP contribution in [0.2, 0.25) is 0 Å². The van der Waals surface area contributed by atoms with Gasteiger partial charge < -0.3 is 16.2 Å². The molecule has 0 amide bonds. The largest absolute Gasteiger partial charge is 0.395 e. The second-order valence-corrected chi connectivity index (χ2v) is 2.63. The Bertz CT molecular complexity index is 175. The van der Waals surface area contributed by atoms with Gasteiger partial charge in [-0.1, -0.05) is 0 Å². The molecule has 0 aromatic rings. The summed E-state index contributed by atoms with van der Waals surface area (Å²) in [6.45, 7) is 7.72. The van der Waals surface area contributed by atoms with E-state index in [0.717, 1.165) is 5.57 Å². The maximum absolute atomic E-state index is 8.55. The quantitative estimate of drug-likeness (QED) is 0.504. The number of nitrogens with zero attached hydrogens (tertiary/aromatic N) is 1. The molecule has 0 aliphatic heterocycles. The van der Waals surface area contributed by atoms with E-state index < -0.39 is 0 Å². The Kier molecular flexibility index (Phi) is 5.32. The minimum absolute atomic E-state index is 0.0447. The molecule has 0 aliphatic carbocycles. The number of nitrogens with two attached hydrogens (primary N) is 1. The fourth-order valence-corrected chi connectivity index (χ4v) is 0.710. The van der Waals surface area contributed by atoms with E-state index in [1.165, 1.54) is 0 Å². The molecule has 0 rings (SSSR count). The van der Waals surface area contributed by atoms with Crippen LogP contribution in [0.3, 0.4) is 0 Å². The minimum atomic E-state index is -0.0447. The lowest BCUT2D eigenvalue weighted by molar-refractivity contribution is 0.296. The fraction of sp³-hybridized carbons (Fsp3) is 0.625. The number of rotatable bonds is 5. The van der Waals surface area contributed by atoms with Crippen molar-refractivity contribution < 1.29 is 5.11 Å². The predicted molar refractivity (Wildman–Crippen MR) is 51.0 cm³/mol. The molecule has 70 valence electrons. The molecule has 0 saturated carbocycles. The Morgan fingerprint density at radius 2 is 2.33 bits per heavy atom. The molecule has 0 heterocycles. The van der Waals surface area contributed by atoms with Crippen molar-refractivity contribution >= 4 is 6.72 Å². The molecule has 0 fully saturated rings. The van der Waals surface area contributed by atoms with Crippen LogP contribution >= 0.6 is 0 Å². The average molecular weight is 171 g/mol. The van der Waals surface area contributed by atoms with E-state index in [0.29, 0.717) is 12.4 Å². The first kappa shape index (κ1) is 11.1. The number of aliphatic hydroxyl groups excluding tert-OH is 1. The minimum Gasteiger partial charge on any atom is -0.395 e. The van der Waals surface area contributed by atoms with Crippen LogP contribution in [0.1, 0.15) is 13.8 Å². The van der Waals surface area contributed by atoms with Crippen LogP contribution in [0.25, 0.3) is 0 Å². The summed E-state index contributed by atoms with van der Waals surface area (Å²) >= 11 is 0. The van der Waals surface area contributed by atoms with Crippen LogP contribution in [0, 0.1) is 0 Å². The molecule has 0 spiro atoms. The van der Waals surface area contributed by atoms with E-state index in [4.69, 9.17) is 10.8 Å². The molecular formula is C8H17N3O. The first-order valence-corrected chi connectivity index (χ1v) is 3.91. The lowest BCUT2D eigenvalue weighted by Crippen LogP contribution is -2.24. The van der Waals surface area contributed by atoms with Gasteiger partial charge in [0.05, 0.1) is 6.61 Å². The van der Waals surface area contributed by atoms with Gasteiger partial charge >= 0.3 is 0 Å². The van der Waals surface area contributed by atoms with E-state index in [-0.39, 0.29) is 12.6 Å². The predicted octanol–water partition coefficient (Wildman–Crippen LogP) is -0.152. The monoisotopic (exact) mass is 171 g/mol. The van der Waals surface area contributed by atoms with E-state index in [2.05, 4.69) is 17.0 Å². The molecule has 4 N–H and O–H groups in total. The van der Waals surface area contributed by atoms with Gasteiger partial charge in [-0.05, 0) is 26.1 Å². The second-order valence-electron chi connectivity index (χ2n) is 2.63. The number of hydrogen-bond donors (Lipinski definition) is 3. The third-order valence-corrected chi connectivity index (χ3v) is 1.62. The van der Waals surface area contributed by atoms with E-state index in [1.54, 1.807) is 0 Å². The van der Waals surface area contributed by atoms with Crippen molar-refractivity contribution in [1.82, 2.24) is 5.32 Å². The summed E-state index contributed by atoms with van der Waals surface area (Å²) in [6.07, 6.45) is 0. The zero-order valence-corrected chi connectivity index (χ0v) is 7.67. The van der Waals surface area contributed by atoms with Crippen molar-refractivity contribution in [2.45, 2.75) is 19.9 Å². The highest BCUT2D eigenvalue weighted by Gasteiger charge is 2.03. The number of aliphatic imine (C=N–C) groups is 1. The van der Waals surface area contributed by atoms with E-state index >= 15 is 0 Å². The normalized spacial score (nSPS) is 15.0. The summed E-state index contributed by atoms with van der Waals surface area (Å²) < 4.78 is 0. The molecule has 0 aromatic heterocycles. The highest BCUT2D eigenvalue weighted by molar-refractivity contribution is 5.30. The summed E-state index contributed by atoms with van der Waals surface area (Å²) in [7, 11) is 0. The molecule has 0 bridgehead atoms. The van der Waals surface area contributed by atoms with Gasteiger partial charge in [0.15, 0.2) is 0 Å². The zero-order chi connectivity index (χ0) is 9.56. The standard InChI is InChI=1S/C8H17N3O/c1-6(7(2)9)8(10-3)11-4-5-12/h7,11-12H,3-5,9H2,1-2H3/b8-6+. The first-order valence-electron chi connectivity index (χ1n) is 3.91. The van der Waals surface area contributed by atoms with Crippen LogP contribution in [0.5, 0.6) is 0 Å². The Morgan fingerprint density at radius 3 is 2.67 bits per heavy atom. The Balaban J connectivity index is 4.28. The molecule has 1 unspecified atom stereocenters. The molecule has 4 nitrogen and oxygen atoms in total. The maximum Gasteiger partial charge on any atom is 0.125 e. The Hall–Kier alpha value is -0.870. The average Bonchev–Trinajstić information content (AvgIpc) is 2.05. The third-order valence-electron chi connectivity index (χ3n) is 1.62. The SMILES string of the molecule is C=N/C(NCCO)=C(/C)C(C)N. The zero-order valence-electron chi connectivity index (χ0n) is 7.67. The second kappa shape index (κ2) is 5.74. The lowest BCUT2D eigenvalue weighted by Gasteiger charge is -2.11. The fourth-order valence-electron chi connectivity index (χ4n) is 0.710. The van der Waals surface area contributed by atoms with Gasteiger partial charge in [-0.2, -0.15) is 0 Å². The van der Waals surface area contributed by atoms with Gasteiger partial charge in [0.1, 0.15) is 5.82 Å². The van der Waals surface area contributed by atoms with Gasteiger partial charge in [0, 0.05) is 12.6 Å². The highest BCUT2D eigenvalue weighted by atomic mass is 16.3. The van der Waals surface area contributed by atoms with Crippen molar-refractivity contribution in [3.05, 3.63) is 11.4 Å². The number of aliphatic hydroxyl groups is 1.